The summed E-state index contributed by atoms with van der Waals surface area (Å²) in [4.78, 5) is 33.5. The predicted octanol–water partition coefficient (Wildman–Crippen LogP) is 3.73. The van der Waals surface area contributed by atoms with Crippen LogP contribution in [0.1, 0.15) is 44.0 Å². The highest BCUT2D eigenvalue weighted by Gasteiger charge is 2.31. The zero-order valence-corrected chi connectivity index (χ0v) is 18.4. The predicted molar refractivity (Wildman–Crippen MR) is 118 cm³/mol. The number of hydrogen-bond donors (Lipinski definition) is 0. The van der Waals surface area contributed by atoms with Crippen molar-refractivity contribution in [1.82, 2.24) is 19.6 Å². The average molecular weight is 454 g/mol. The summed E-state index contributed by atoms with van der Waals surface area (Å²) in [5.41, 5.74) is 0.246. The number of hydrogen-bond acceptors (Lipinski definition) is 8. The molecule has 0 amide bonds. The second-order valence-corrected chi connectivity index (χ2v) is 8.37. The lowest BCUT2D eigenvalue weighted by molar-refractivity contribution is -0.383. The van der Waals surface area contributed by atoms with E-state index in [1.165, 1.54) is 17.7 Å². The van der Waals surface area contributed by atoms with Crippen LogP contribution in [0.4, 0.5) is 15.9 Å². The van der Waals surface area contributed by atoms with Crippen LogP contribution >= 0.6 is 0 Å². The minimum absolute atomic E-state index is 0.139. The Hall–Kier alpha value is -3.89. The molecule has 1 saturated heterocycles. The number of nitro groups is 1. The van der Waals surface area contributed by atoms with Crippen LogP contribution in [0.5, 0.6) is 0 Å². The number of methoxy groups -OCH3 is 1. The molecule has 1 aliphatic rings. The third-order valence-electron chi connectivity index (χ3n) is 5.72. The van der Waals surface area contributed by atoms with Crippen LogP contribution in [0, 0.1) is 21.3 Å². The van der Waals surface area contributed by atoms with Crippen molar-refractivity contribution in [1.29, 1.82) is 0 Å². The molecular formula is C22H23FN6O4. The van der Waals surface area contributed by atoms with E-state index in [1.807, 2.05) is 4.90 Å². The van der Waals surface area contributed by atoms with Crippen molar-refractivity contribution >= 4 is 29.2 Å². The molecule has 0 bridgehead atoms. The van der Waals surface area contributed by atoms with E-state index in [2.05, 4.69) is 15.1 Å². The van der Waals surface area contributed by atoms with E-state index in [0.29, 0.717) is 23.6 Å². The minimum Gasteiger partial charge on any atom is -0.468 e. The average Bonchev–Trinajstić information content (AvgIpc) is 3.44. The van der Waals surface area contributed by atoms with Gasteiger partial charge < -0.3 is 9.64 Å². The van der Waals surface area contributed by atoms with Crippen LogP contribution in [0.15, 0.2) is 36.8 Å². The zero-order chi connectivity index (χ0) is 23.8. The van der Waals surface area contributed by atoms with Crippen LogP contribution in [0.3, 0.4) is 0 Å². The standard InChI is InChI=1S/C22H23FN6O4/c1-22(2,21(30)33-3)8-6-16-15(11-14(23)12-24-16)17-5-4-9-27(17)19-7-10-28-20(26-19)18(13-25-28)29(31)32/h6-8,10-13,17H,4-5,9H2,1-3H3/b8-6+. The summed E-state index contributed by atoms with van der Waals surface area (Å²) in [6.45, 7) is 4.08. The summed E-state index contributed by atoms with van der Waals surface area (Å²) in [7, 11) is 1.32. The van der Waals surface area contributed by atoms with E-state index in [0.717, 1.165) is 25.2 Å². The normalized spacial score (nSPS) is 16.6. The van der Waals surface area contributed by atoms with Crippen LogP contribution in [-0.2, 0) is 9.53 Å². The van der Waals surface area contributed by atoms with Gasteiger partial charge in [0.25, 0.3) is 0 Å². The number of aromatic nitrogens is 4. The summed E-state index contributed by atoms with van der Waals surface area (Å²) in [5, 5.41) is 15.3. The number of ether oxygens (including phenoxy) is 1. The van der Waals surface area contributed by atoms with Crippen LogP contribution in [0.25, 0.3) is 11.7 Å². The number of fused-ring (bicyclic) bond motifs is 1. The Labute approximate surface area is 188 Å². The molecule has 0 N–H and O–H groups in total. The molecule has 10 nitrogen and oxygen atoms in total. The number of rotatable bonds is 6. The van der Waals surface area contributed by atoms with Gasteiger partial charge in [-0.15, -0.1) is 0 Å². The Morgan fingerprint density at radius 3 is 2.91 bits per heavy atom. The molecule has 0 spiro atoms. The number of nitrogens with zero attached hydrogens (tertiary/aromatic N) is 6. The molecule has 0 radical (unpaired) electrons. The van der Waals surface area contributed by atoms with Gasteiger partial charge in [0.05, 0.1) is 35.4 Å². The third kappa shape index (κ3) is 4.26. The SMILES string of the molecule is COC(=O)C(C)(C)/C=C/c1ncc(F)cc1C1CCCN1c1ccn2ncc([N+](=O)[O-])c2n1. The van der Waals surface area contributed by atoms with Crippen LogP contribution in [0.2, 0.25) is 0 Å². The van der Waals surface area contributed by atoms with E-state index in [9.17, 15) is 19.3 Å². The quantitative estimate of drug-likeness (QED) is 0.314. The maximum absolute atomic E-state index is 14.2. The molecule has 1 aliphatic heterocycles. The van der Waals surface area contributed by atoms with Crippen molar-refractivity contribution in [2.24, 2.45) is 5.41 Å². The van der Waals surface area contributed by atoms with Crippen molar-refractivity contribution in [3.63, 3.8) is 0 Å². The molecule has 3 aromatic heterocycles. The first-order valence-corrected chi connectivity index (χ1v) is 10.4. The monoisotopic (exact) mass is 454 g/mol. The van der Waals surface area contributed by atoms with Crippen molar-refractivity contribution in [2.75, 3.05) is 18.6 Å². The lowest BCUT2D eigenvalue weighted by Gasteiger charge is -2.27. The van der Waals surface area contributed by atoms with E-state index >= 15 is 0 Å². The van der Waals surface area contributed by atoms with Gasteiger partial charge in [-0.3, -0.25) is 19.9 Å². The number of anilines is 1. The fraction of sp³-hybridized carbons (Fsp3) is 0.364. The molecule has 0 aliphatic carbocycles. The highest BCUT2D eigenvalue weighted by atomic mass is 19.1. The number of pyridine rings is 1. The molecule has 4 heterocycles. The van der Waals surface area contributed by atoms with Gasteiger partial charge in [0.15, 0.2) is 0 Å². The van der Waals surface area contributed by atoms with Gasteiger partial charge in [-0.25, -0.2) is 13.9 Å². The minimum atomic E-state index is -0.884. The Kier molecular flexibility index (Phi) is 5.79. The van der Waals surface area contributed by atoms with Gasteiger partial charge >= 0.3 is 11.7 Å². The maximum Gasteiger partial charge on any atom is 0.333 e. The third-order valence-corrected chi connectivity index (χ3v) is 5.72. The van der Waals surface area contributed by atoms with Crippen LogP contribution < -0.4 is 4.90 Å². The fourth-order valence-electron chi connectivity index (χ4n) is 3.99. The highest BCUT2D eigenvalue weighted by Crippen LogP contribution is 2.37. The summed E-state index contributed by atoms with van der Waals surface area (Å²) < 4.78 is 20.4. The number of carbonyl (C=O) groups is 1. The van der Waals surface area contributed by atoms with E-state index in [4.69, 9.17) is 4.74 Å². The number of halogens is 1. The molecule has 0 saturated carbocycles. The Balaban J connectivity index is 1.73. The summed E-state index contributed by atoms with van der Waals surface area (Å²) in [6, 6.07) is 2.91. The largest absolute Gasteiger partial charge is 0.468 e. The maximum atomic E-state index is 14.2. The first-order chi connectivity index (χ1) is 15.7. The Bertz CT molecular complexity index is 1250. The zero-order valence-electron chi connectivity index (χ0n) is 18.4. The van der Waals surface area contributed by atoms with Gasteiger partial charge in [-0.2, -0.15) is 5.10 Å². The molecular weight excluding hydrogens is 431 g/mol. The first-order valence-electron chi connectivity index (χ1n) is 10.4. The molecule has 1 atom stereocenters. The first kappa shape index (κ1) is 22.3. The molecule has 4 rings (SSSR count). The Morgan fingerprint density at radius 2 is 2.18 bits per heavy atom. The molecule has 3 aromatic rings. The second kappa shape index (κ2) is 8.57. The second-order valence-electron chi connectivity index (χ2n) is 8.37. The topological polar surface area (TPSA) is 116 Å². The fourth-order valence-corrected chi connectivity index (χ4v) is 3.99. The van der Waals surface area contributed by atoms with Crippen molar-refractivity contribution < 1.29 is 18.8 Å². The van der Waals surface area contributed by atoms with Gasteiger partial charge in [-0.05, 0) is 44.9 Å². The summed E-state index contributed by atoms with van der Waals surface area (Å²) in [5.74, 6) is -0.344. The van der Waals surface area contributed by atoms with Gasteiger partial charge in [0, 0.05) is 18.3 Å². The van der Waals surface area contributed by atoms with Gasteiger partial charge in [0.1, 0.15) is 17.8 Å². The molecule has 33 heavy (non-hydrogen) atoms. The van der Waals surface area contributed by atoms with Crippen molar-refractivity contribution in [3.05, 3.63) is 64.0 Å². The van der Waals surface area contributed by atoms with Gasteiger partial charge in [-0.1, -0.05) is 6.08 Å². The summed E-state index contributed by atoms with van der Waals surface area (Å²) in [6.07, 6.45) is 8.84. The highest BCUT2D eigenvalue weighted by molar-refractivity contribution is 5.79. The Morgan fingerprint density at radius 1 is 1.39 bits per heavy atom. The van der Waals surface area contributed by atoms with Crippen molar-refractivity contribution in [3.8, 4) is 0 Å². The lowest BCUT2D eigenvalue weighted by Crippen LogP contribution is -2.25. The molecule has 1 fully saturated rings. The molecule has 1 unspecified atom stereocenters. The number of esters is 1. The van der Waals surface area contributed by atoms with Crippen LogP contribution in [-0.4, -0.2) is 44.1 Å². The van der Waals surface area contributed by atoms with E-state index in [-0.39, 0.29) is 17.4 Å². The molecule has 0 aromatic carbocycles. The van der Waals surface area contributed by atoms with E-state index in [1.54, 1.807) is 38.3 Å². The van der Waals surface area contributed by atoms with Gasteiger partial charge in [0.2, 0.25) is 5.65 Å². The lowest BCUT2D eigenvalue weighted by atomic mass is 9.92. The molecule has 11 heteroatoms. The smallest absolute Gasteiger partial charge is 0.333 e. The summed E-state index contributed by atoms with van der Waals surface area (Å²) >= 11 is 0. The van der Waals surface area contributed by atoms with E-state index < -0.39 is 22.1 Å². The van der Waals surface area contributed by atoms with Crippen molar-refractivity contribution in [2.45, 2.75) is 32.7 Å². The molecule has 172 valence electrons. The number of carbonyl (C=O) groups excluding carboxylic acids is 1.